The van der Waals surface area contributed by atoms with E-state index in [0.717, 1.165) is 0 Å². The maximum Gasteiger partial charge on any atom is 0.519 e. The van der Waals surface area contributed by atoms with Crippen LogP contribution in [0, 0.1) is 6.92 Å². The van der Waals surface area contributed by atoms with E-state index in [1.807, 2.05) is 0 Å². The largest absolute Gasteiger partial charge is 0.519 e. The maximum atomic E-state index is 11.6. The van der Waals surface area contributed by atoms with Gasteiger partial charge in [0, 0.05) is 4.75 Å². The molecular formula is C11H15NO7S. The Morgan fingerprint density at radius 2 is 2.05 bits per heavy atom. The summed E-state index contributed by atoms with van der Waals surface area (Å²) in [6.45, 7) is 4.25. The molecule has 1 heterocycles. The van der Waals surface area contributed by atoms with Crippen LogP contribution in [0.2, 0.25) is 0 Å². The SMILES string of the molecule is Cc1oc(=O)oc1COC(=O)SC(C)(C)[C@@H](N)C(=O)O. The molecule has 8 nitrogen and oxygen atoms in total. The summed E-state index contributed by atoms with van der Waals surface area (Å²) < 4.78 is 13.1. The number of carbonyl (C=O) groups is 2. The van der Waals surface area contributed by atoms with Crippen LogP contribution in [0.5, 0.6) is 0 Å². The number of thioether (sulfide) groups is 1. The third-order valence-electron chi connectivity index (χ3n) is 2.52. The molecule has 1 atom stereocenters. The Morgan fingerprint density at radius 1 is 1.45 bits per heavy atom. The minimum atomic E-state index is -1.23. The van der Waals surface area contributed by atoms with Crippen LogP contribution in [0.25, 0.3) is 0 Å². The molecule has 0 aliphatic carbocycles. The van der Waals surface area contributed by atoms with Gasteiger partial charge in [-0.05, 0) is 32.5 Å². The monoisotopic (exact) mass is 305 g/mol. The van der Waals surface area contributed by atoms with Crippen LogP contribution in [-0.4, -0.2) is 27.2 Å². The van der Waals surface area contributed by atoms with Gasteiger partial charge in [-0.15, -0.1) is 0 Å². The summed E-state index contributed by atoms with van der Waals surface area (Å²) in [5.41, 5.74) is 5.47. The Bertz CT molecular complexity index is 559. The van der Waals surface area contributed by atoms with Crippen molar-refractivity contribution in [3.8, 4) is 0 Å². The van der Waals surface area contributed by atoms with Crippen molar-refractivity contribution in [1.82, 2.24) is 0 Å². The molecule has 1 aromatic rings. The van der Waals surface area contributed by atoms with Crippen molar-refractivity contribution in [2.75, 3.05) is 0 Å². The smallest absolute Gasteiger partial charge is 0.480 e. The molecule has 1 rings (SSSR count). The van der Waals surface area contributed by atoms with Crippen LogP contribution in [-0.2, 0) is 16.1 Å². The van der Waals surface area contributed by atoms with Gasteiger partial charge in [0.25, 0.3) is 0 Å². The van der Waals surface area contributed by atoms with Crippen LogP contribution in [0.15, 0.2) is 13.6 Å². The third-order valence-corrected chi connectivity index (χ3v) is 3.58. The lowest BCUT2D eigenvalue weighted by atomic mass is 10.1. The molecule has 0 saturated carbocycles. The lowest BCUT2D eigenvalue weighted by Gasteiger charge is -2.26. The third kappa shape index (κ3) is 4.14. The zero-order chi connectivity index (χ0) is 15.5. The summed E-state index contributed by atoms with van der Waals surface area (Å²) in [4.78, 5) is 33.2. The van der Waals surface area contributed by atoms with Gasteiger partial charge in [-0.3, -0.25) is 4.79 Å². The van der Waals surface area contributed by atoms with E-state index >= 15 is 0 Å². The van der Waals surface area contributed by atoms with Crippen molar-refractivity contribution < 1.29 is 28.3 Å². The van der Waals surface area contributed by atoms with Crippen LogP contribution >= 0.6 is 11.8 Å². The Morgan fingerprint density at radius 3 is 2.50 bits per heavy atom. The molecule has 0 radical (unpaired) electrons. The molecule has 0 bridgehead atoms. The molecule has 0 aliphatic heterocycles. The van der Waals surface area contributed by atoms with E-state index in [0.29, 0.717) is 11.8 Å². The topological polar surface area (TPSA) is 133 Å². The molecule has 0 saturated heterocycles. The van der Waals surface area contributed by atoms with Gasteiger partial charge >= 0.3 is 17.1 Å². The second-order valence-electron chi connectivity index (χ2n) is 4.49. The van der Waals surface area contributed by atoms with Crippen LogP contribution in [0.3, 0.4) is 0 Å². The second kappa shape index (κ2) is 6.14. The standard InChI is InChI=1S/C11H15NO7S/c1-5-6(19-9(15)18-5)4-17-10(16)20-11(2,3)7(12)8(13)14/h7H,4,12H2,1-3H3,(H,13,14)/t7-/m0/s1. The lowest BCUT2D eigenvalue weighted by Crippen LogP contribution is -2.47. The summed E-state index contributed by atoms with van der Waals surface area (Å²) in [6, 6.07) is -1.23. The lowest BCUT2D eigenvalue weighted by molar-refractivity contribution is -0.139. The molecule has 0 aromatic carbocycles. The molecule has 0 fully saturated rings. The summed E-state index contributed by atoms with van der Waals surface area (Å²) in [5.74, 6) is -1.78. The van der Waals surface area contributed by atoms with Crippen molar-refractivity contribution in [2.45, 2.75) is 38.2 Å². The van der Waals surface area contributed by atoms with Crippen LogP contribution < -0.4 is 11.6 Å². The first-order valence-corrected chi connectivity index (χ1v) is 6.38. The Kier molecular flexibility index (Phi) is 5.01. The number of aliphatic carboxylic acids is 1. The number of aryl methyl sites for hydroxylation is 1. The predicted octanol–water partition coefficient (Wildman–Crippen LogP) is 1.10. The number of nitrogens with two attached hydrogens (primary N) is 1. The number of carboxylic acids is 1. The number of rotatable bonds is 5. The maximum absolute atomic E-state index is 11.6. The highest BCUT2D eigenvalue weighted by molar-refractivity contribution is 8.14. The van der Waals surface area contributed by atoms with Gasteiger partial charge in [-0.2, -0.15) is 0 Å². The highest BCUT2D eigenvalue weighted by Crippen LogP contribution is 2.29. The van der Waals surface area contributed by atoms with Gasteiger partial charge in [-0.25, -0.2) is 9.59 Å². The number of ether oxygens (including phenoxy) is 1. The fraction of sp³-hybridized carbons (Fsp3) is 0.545. The first-order valence-electron chi connectivity index (χ1n) is 5.57. The van der Waals surface area contributed by atoms with Gasteiger partial charge in [0.2, 0.25) is 0 Å². The zero-order valence-electron chi connectivity index (χ0n) is 11.2. The van der Waals surface area contributed by atoms with E-state index in [4.69, 9.17) is 15.6 Å². The number of hydrogen-bond donors (Lipinski definition) is 2. The molecule has 1 aromatic heterocycles. The average Bonchev–Trinajstić information content (AvgIpc) is 2.63. The fourth-order valence-corrected chi connectivity index (χ4v) is 2.01. The fourth-order valence-electron chi connectivity index (χ4n) is 1.24. The summed E-state index contributed by atoms with van der Waals surface area (Å²) in [5, 5.41) is 8.10. The summed E-state index contributed by atoms with van der Waals surface area (Å²) in [7, 11) is 0. The van der Waals surface area contributed by atoms with Gasteiger partial charge in [0.15, 0.2) is 18.1 Å². The van der Waals surface area contributed by atoms with Crippen molar-refractivity contribution in [3.63, 3.8) is 0 Å². The predicted molar refractivity (Wildman–Crippen MR) is 69.4 cm³/mol. The minimum Gasteiger partial charge on any atom is -0.480 e. The van der Waals surface area contributed by atoms with Crippen molar-refractivity contribution in [3.05, 3.63) is 22.1 Å². The normalized spacial score (nSPS) is 13.0. The van der Waals surface area contributed by atoms with Gasteiger partial charge in [0.05, 0.1) is 0 Å². The Balaban J connectivity index is 2.58. The second-order valence-corrected chi connectivity index (χ2v) is 6.08. The quantitative estimate of drug-likeness (QED) is 0.767. The van der Waals surface area contributed by atoms with E-state index in [9.17, 15) is 14.4 Å². The van der Waals surface area contributed by atoms with E-state index < -0.39 is 27.9 Å². The highest BCUT2D eigenvalue weighted by Gasteiger charge is 2.35. The van der Waals surface area contributed by atoms with Gasteiger partial charge < -0.3 is 24.4 Å². The van der Waals surface area contributed by atoms with E-state index in [1.54, 1.807) is 0 Å². The number of carboxylic acid groups (broad SMARTS) is 1. The molecular weight excluding hydrogens is 290 g/mol. The van der Waals surface area contributed by atoms with Gasteiger partial charge in [0.1, 0.15) is 6.04 Å². The Labute approximate surface area is 118 Å². The number of hydrogen-bond acceptors (Lipinski definition) is 8. The molecule has 0 amide bonds. The summed E-state index contributed by atoms with van der Waals surface area (Å²) in [6.07, 6.45) is 0. The molecule has 20 heavy (non-hydrogen) atoms. The zero-order valence-corrected chi connectivity index (χ0v) is 12.0. The highest BCUT2D eigenvalue weighted by atomic mass is 32.2. The first kappa shape index (κ1) is 16.3. The van der Waals surface area contributed by atoms with Crippen LogP contribution in [0.4, 0.5) is 4.79 Å². The number of carbonyl (C=O) groups excluding carboxylic acids is 1. The van der Waals surface area contributed by atoms with E-state index in [1.165, 1.54) is 20.8 Å². The molecule has 3 N–H and O–H groups in total. The van der Waals surface area contributed by atoms with Gasteiger partial charge in [-0.1, -0.05) is 0 Å². The molecule has 0 unspecified atom stereocenters. The molecule has 0 spiro atoms. The molecule has 9 heteroatoms. The van der Waals surface area contributed by atoms with Crippen molar-refractivity contribution in [1.29, 1.82) is 0 Å². The molecule has 0 aliphatic rings. The van der Waals surface area contributed by atoms with Crippen LogP contribution in [0.1, 0.15) is 25.4 Å². The van der Waals surface area contributed by atoms with Crippen molar-refractivity contribution in [2.24, 2.45) is 5.73 Å². The Hall–Kier alpha value is -1.74. The molecule has 112 valence electrons. The van der Waals surface area contributed by atoms with E-state index in [2.05, 4.69) is 8.83 Å². The van der Waals surface area contributed by atoms with Crippen molar-refractivity contribution >= 4 is 23.0 Å². The van der Waals surface area contributed by atoms with E-state index in [-0.39, 0.29) is 18.1 Å². The minimum absolute atomic E-state index is 0.101. The average molecular weight is 305 g/mol. The summed E-state index contributed by atoms with van der Waals surface area (Å²) >= 11 is 0.653. The first-order chi connectivity index (χ1) is 9.13.